The van der Waals surface area contributed by atoms with Gasteiger partial charge in [-0.15, -0.1) is 16.4 Å². The van der Waals surface area contributed by atoms with Crippen LogP contribution in [-0.2, 0) is 0 Å². The zero-order valence-electron chi connectivity index (χ0n) is 12.8. The summed E-state index contributed by atoms with van der Waals surface area (Å²) in [4.78, 5) is 13.2. The van der Waals surface area contributed by atoms with Gasteiger partial charge in [-0.25, -0.2) is 4.68 Å². The lowest BCUT2D eigenvalue weighted by Crippen LogP contribution is -2.10. The van der Waals surface area contributed by atoms with Crippen molar-refractivity contribution >= 4 is 33.0 Å². The van der Waals surface area contributed by atoms with Crippen LogP contribution in [0.4, 0.5) is 5.69 Å². The average molecular weight is 335 g/mol. The number of fused-ring (bicyclic) bond motifs is 1. The topological polar surface area (TPSA) is 72.7 Å². The number of anilines is 1. The van der Waals surface area contributed by atoms with Gasteiger partial charge in [0.2, 0.25) is 0 Å². The highest BCUT2D eigenvalue weighted by molar-refractivity contribution is 7.20. The molecule has 0 aliphatic heterocycles. The highest BCUT2D eigenvalue weighted by Gasteiger charge is 2.11. The Balaban J connectivity index is 1.58. The molecule has 0 bridgehead atoms. The van der Waals surface area contributed by atoms with Crippen molar-refractivity contribution in [1.29, 1.82) is 0 Å². The molecule has 24 heavy (non-hydrogen) atoms. The molecule has 4 rings (SSSR count). The van der Waals surface area contributed by atoms with E-state index in [2.05, 4.69) is 20.8 Å². The lowest BCUT2D eigenvalue weighted by atomic mass is 10.1. The molecular formula is C17H13N5OS. The number of tetrazole rings is 1. The summed E-state index contributed by atoms with van der Waals surface area (Å²) in [6, 6.07) is 15.5. The Morgan fingerprint density at radius 1 is 1.17 bits per heavy atom. The van der Waals surface area contributed by atoms with Crippen LogP contribution in [0.5, 0.6) is 0 Å². The lowest BCUT2D eigenvalue weighted by Gasteiger charge is -2.08. The standard InChI is InChI=1S/C17H13N5OS/c1-11-8-13(6-7-14(11)22-10-18-20-21-22)19-17(23)16-9-12-4-2-3-5-15(12)24-16/h2-10H,1H3,(H,19,23). The van der Waals surface area contributed by atoms with E-state index in [1.165, 1.54) is 17.7 Å². The molecule has 6 nitrogen and oxygen atoms in total. The molecule has 0 atom stereocenters. The zero-order valence-corrected chi connectivity index (χ0v) is 13.6. The molecule has 2 heterocycles. The number of rotatable bonds is 3. The fourth-order valence-electron chi connectivity index (χ4n) is 2.55. The SMILES string of the molecule is Cc1cc(NC(=O)c2cc3ccccc3s2)ccc1-n1cnnn1. The van der Waals surface area contributed by atoms with E-state index in [0.29, 0.717) is 4.88 Å². The second kappa shape index (κ2) is 5.86. The van der Waals surface area contributed by atoms with Crippen molar-refractivity contribution in [3.8, 4) is 5.69 Å². The highest BCUT2D eigenvalue weighted by Crippen LogP contribution is 2.26. The Kier molecular flexibility index (Phi) is 3.55. The van der Waals surface area contributed by atoms with Crippen molar-refractivity contribution in [2.24, 2.45) is 0 Å². The fourth-order valence-corrected chi connectivity index (χ4v) is 3.51. The molecule has 0 saturated carbocycles. The van der Waals surface area contributed by atoms with Gasteiger partial charge in [-0.1, -0.05) is 18.2 Å². The van der Waals surface area contributed by atoms with E-state index in [1.54, 1.807) is 4.68 Å². The van der Waals surface area contributed by atoms with Gasteiger partial charge in [0.05, 0.1) is 10.6 Å². The quantitative estimate of drug-likeness (QED) is 0.622. The van der Waals surface area contributed by atoms with Crippen LogP contribution in [0.15, 0.2) is 54.9 Å². The van der Waals surface area contributed by atoms with Gasteiger partial charge in [0.1, 0.15) is 6.33 Å². The smallest absolute Gasteiger partial charge is 0.265 e. The number of aromatic nitrogens is 4. The molecule has 0 radical (unpaired) electrons. The molecule has 2 aromatic heterocycles. The number of amides is 1. The van der Waals surface area contributed by atoms with Gasteiger partial charge < -0.3 is 5.32 Å². The molecule has 1 amide bonds. The zero-order chi connectivity index (χ0) is 16.5. The monoisotopic (exact) mass is 335 g/mol. The first-order valence-corrected chi connectivity index (χ1v) is 8.16. The first kappa shape index (κ1) is 14.5. The van der Waals surface area contributed by atoms with Crippen molar-refractivity contribution in [3.63, 3.8) is 0 Å². The number of hydrogen-bond acceptors (Lipinski definition) is 5. The summed E-state index contributed by atoms with van der Waals surface area (Å²) in [5.41, 5.74) is 2.59. The van der Waals surface area contributed by atoms with Crippen molar-refractivity contribution < 1.29 is 4.79 Å². The first-order chi connectivity index (χ1) is 11.7. The Morgan fingerprint density at radius 3 is 2.79 bits per heavy atom. The van der Waals surface area contributed by atoms with Crippen LogP contribution in [-0.4, -0.2) is 26.1 Å². The van der Waals surface area contributed by atoms with Gasteiger partial charge in [0, 0.05) is 10.4 Å². The predicted molar refractivity (Wildman–Crippen MR) is 93.7 cm³/mol. The summed E-state index contributed by atoms with van der Waals surface area (Å²) in [5.74, 6) is -0.106. The van der Waals surface area contributed by atoms with Crippen LogP contribution < -0.4 is 5.32 Å². The summed E-state index contributed by atoms with van der Waals surface area (Å²) < 4.78 is 2.69. The third-order valence-electron chi connectivity index (χ3n) is 3.70. The van der Waals surface area contributed by atoms with E-state index in [0.717, 1.165) is 27.0 Å². The number of aryl methyl sites for hydroxylation is 1. The number of nitrogens with zero attached hydrogens (tertiary/aromatic N) is 4. The summed E-state index contributed by atoms with van der Waals surface area (Å²) >= 11 is 1.49. The third kappa shape index (κ3) is 2.65. The molecule has 0 aliphatic rings. The van der Waals surface area contributed by atoms with Crippen molar-refractivity contribution in [2.45, 2.75) is 6.92 Å². The van der Waals surface area contributed by atoms with E-state index in [-0.39, 0.29) is 5.91 Å². The predicted octanol–water partition coefficient (Wildman–Crippen LogP) is 3.44. The Morgan fingerprint density at radius 2 is 2.04 bits per heavy atom. The van der Waals surface area contributed by atoms with Crippen molar-refractivity contribution in [1.82, 2.24) is 20.2 Å². The minimum Gasteiger partial charge on any atom is -0.321 e. The molecule has 0 saturated heterocycles. The third-order valence-corrected chi connectivity index (χ3v) is 4.81. The normalized spacial score (nSPS) is 10.9. The number of hydrogen-bond donors (Lipinski definition) is 1. The van der Waals surface area contributed by atoms with Gasteiger partial charge >= 0.3 is 0 Å². The summed E-state index contributed by atoms with van der Waals surface area (Å²) in [5, 5.41) is 15.2. The average Bonchev–Trinajstić information content (AvgIpc) is 3.24. The van der Waals surface area contributed by atoms with E-state index in [4.69, 9.17) is 0 Å². The maximum atomic E-state index is 12.5. The molecule has 2 aromatic carbocycles. The van der Waals surface area contributed by atoms with E-state index in [9.17, 15) is 4.79 Å². The Bertz CT molecular complexity index is 990. The number of benzene rings is 2. The van der Waals surface area contributed by atoms with Crippen LogP contribution in [0.25, 0.3) is 15.8 Å². The maximum absolute atomic E-state index is 12.5. The minimum atomic E-state index is -0.106. The number of carbonyl (C=O) groups is 1. The molecule has 118 valence electrons. The number of thiophene rings is 1. The molecule has 0 unspecified atom stereocenters. The van der Waals surface area contributed by atoms with Gasteiger partial charge in [-0.05, 0) is 58.6 Å². The minimum absolute atomic E-state index is 0.106. The number of nitrogens with one attached hydrogen (secondary N) is 1. The molecule has 0 aliphatic carbocycles. The second-order valence-electron chi connectivity index (χ2n) is 5.36. The maximum Gasteiger partial charge on any atom is 0.265 e. The molecule has 7 heteroatoms. The fraction of sp³-hybridized carbons (Fsp3) is 0.0588. The van der Waals surface area contributed by atoms with Crippen molar-refractivity contribution in [3.05, 3.63) is 65.3 Å². The largest absolute Gasteiger partial charge is 0.321 e. The molecule has 1 N–H and O–H groups in total. The molecule has 0 fully saturated rings. The van der Waals surface area contributed by atoms with Gasteiger partial charge in [0.15, 0.2) is 0 Å². The number of carbonyl (C=O) groups excluding carboxylic acids is 1. The highest BCUT2D eigenvalue weighted by atomic mass is 32.1. The lowest BCUT2D eigenvalue weighted by molar-refractivity contribution is 0.103. The van der Waals surface area contributed by atoms with Gasteiger partial charge in [-0.2, -0.15) is 0 Å². The van der Waals surface area contributed by atoms with E-state index >= 15 is 0 Å². The second-order valence-corrected chi connectivity index (χ2v) is 6.44. The van der Waals surface area contributed by atoms with Crippen LogP contribution in [0, 0.1) is 6.92 Å². The van der Waals surface area contributed by atoms with Crippen molar-refractivity contribution in [2.75, 3.05) is 5.32 Å². The molecular weight excluding hydrogens is 322 g/mol. The summed E-state index contributed by atoms with van der Waals surface area (Å²) in [6.07, 6.45) is 1.54. The summed E-state index contributed by atoms with van der Waals surface area (Å²) in [6.45, 7) is 1.95. The Labute approximate surface area is 141 Å². The van der Waals surface area contributed by atoms with Crippen LogP contribution in [0.2, 0.25) is 0 Å². The van der Waals surface area contributed by atoms with Crippen LogP contribution >= 0.6 is 11.3 Å². The molecule has 4 aromatic rings. The Hall–Kier alpha value is -3.06. The van der Waals surface area contributed by atoms with E-state index in [1.807, 2.05) is 55.5 Å². The van der Waals surface area contributed by atoms with E-state index < -0.39 is 0 Å². The van der Waals surface area contributed by atoms with Gasteiger partial charge in [0.25, 0.3) is 5.91 Å². The van der Waals surface area contributed by atoms with Gasteiger partial charge in [-0.3, -0.25) is 4.79 Å². The van der Waals surface area contributed by atoms with Crippen LogP contribution in [0.1, 0.15) is 15.2 Å². The summed E-state index contributed by atoms with van der Waals surface area (Å²) in [7, 11) is 0. The first-order valence-electron chi connectivity index (χ1n) is 7.35. The van der Waals surface area contributed by atoms with Crippen LogP contribution in [0.3, 0.4) is 0 Å². The molecule has 0 spiro atoms.